The van der Waals surface area contributed by atoms with E-state index in [2.05, 4.69) is 0 Å². The molecule has 2 N–H and O–H groups in total. The average molecular weight is 293 g/mol. The van der Waals surface area contributed by atoms with Gasteiger partial charge in [0.2, 0.25) is 0 Å². The van der Waals surface area contributed by atoms with E-state index in [9.17, 15) is 10.1 Å². The molecule has 5 nitrogen and oxygen atoms in total. The van der Waals surface area contributed by atoms with Crippen molar-refractivity contribution in [3.63, 3.8) is 0 Å². The van der Waals surface area contributed by atoms with Crippen LogP contribution in [0.4, 0.5) is 11.4 Å². The largest absolute Gasteiger partial charge is 0.489 e. The highest BCUT2D eigenvalue weighted by molar-refractivity contribution is 6.30. The fraction of sp³-hybridized carbons (Fsp3) is 0.143. The lowest BCUT2D eigenvalue weighted by molar-refractivity contribution is -0.383. The number of benzene rings is 2. The van der Waals surface area contributed by atoms with Crippen LogP contribution in [0, 0.1) is 17.0 Å². The zero-order chi connectivity index (χ0) is 14.7. The summed E-state index contributed by atoms with van der Waals surface area (Å²) in [6, 6.07) is 9.88. The monoisotopic (exact) mass is 292 g/mol. The van der Waals surface area contributed by atoms with Gasteiger partial charge in [-0.25, -0.2) is 0 Å². The number of nitro groups is 1. The van der Waals surface area contributed by atoms with Crippen molar-refractivity contribution in [2.45, 2.75) is 13.5 Å². The van der Waals surface area contributed by atoms with Gasteiger partial charge in [0.05, 0.1) is 4.92 Å². The molecule has 0 aliphatic carbocycles. The van der Waals surface area contributed by atoms with Crippen LogP contribution in [-0.4, -0.2) is 4.92 Å². The minimum atomic E-state index is -0.511. The van der Waals surface area contributed by atoms with Crippen molar-refractivity contribution in [3.8, 4) is 5.75 Å². The van der Waals surface area contributed by atoms with Crippen LogP contribution in [0.3, 0.4) is 0 Å². The van der Waals surface area contributed by atoms with Crippen molar-refractivity contribution in [1.29, 1.82) is 0 Å². The molecule has 0 spiro atoms. The second-order valence-electron chi connectivity index (χ2n) is 4.35. The van der Waals surface area contributed by atoms with Crippen LogP contribution in [0.5, 0.6) is 5.75 Å². The fourth-order valence-corrected chi connectivity index (χ4v) is 2.02. The molecule has 0 aliphatic rings. The van der Waals surface area contributed by atoms with E-state index in [1.165, 1.54) is 6.07 Å². The molecule has 0 amide bonds. The van der Waals surface area contributed by atoms with Gasteiger partial charge in [-0.1, -0.05) is 11.6 Å². The van der Waals surface area contributed by atoms with Gasteiger partial charge in [-0.05, 0) is 48.4 Å². The molecule has 0 unspecified atom stereocenters. The molecule has 0 radical (unpaired) electrons. The lowest BCUT2D eigenvalue weighted by Crippen LogP contribution is -2.00. The lowest BCUT2D eigenvalue weighted by Gasteiger charge is -2.10. The van der Waals surface area contributed by atoms with E-state index in [1.54, 1.807) is 30.3 Å². The van der Waals surface area contributed by atoms with E-state index in [0.29, 0.717) is 10.8 Å². The normalized spacial score (nSPS) is 10.3. The Kier molecular flexibility index (Phi) is 4.10. The minimum Gasteiger partial charge on any atom is -0.489 e. The number of halogens is 1. The van der Waals surface area contributed by atoms with Crippen LogP contribution in [0.15, 0.2) is 36.4 Å². The highest BCUT2D eigenvalue weighted by Gasteiger charge is 2.11. The Balaban J connectivity index is 2.11. The molecule has 0 aromatic heterocycles. The maximum absolute atomic E-state index is 10.7. The number of rotatable bonds is 4. The van der Waals surface area contributed by atoms with Gasteiger partial charge in [0.25, 0.3) is 5.69 Å². The van der Waals surface area contributed by atoms with Crippen LogP contribution in [-0.2, 0) is 6.61 Å². The van der Waals surface area contributed by atoms with Crippen LogP contribution in [0.1, 0.15) is 11.1 Å². The quantitative estimate of drug-likeness (QED) is 0.529. The number of anilines is 1. The molecule has 20 heavy (non-hydrogen) atoms. The number of nitrogens with zero attached hydrogens (tertiary/aromatic N) is 1. The second-order valence-corrected chi connectivity index (χ2v) is 4.79. The molecular formula is C14H13ClN2O3. The van der Waals surface area contributed by atoms with E-state index in [0.717, 1.165) is 11.1 Å². The van der Waals surface area contributed by atoms with E-state index in [-0.39, 0.29) is 18.0 Å². The van der Waals surface area contributed by atoms with Crippen LogP contribution in [0.2, 0.25) is 5.02 Å². The molecule has 0 fully saturated rings. The number of aryl methyl sites for hydroxylation is 1. The summed E-state index contributed by atoms with van der Waals surface area (Å²) in [7, 11) is 0. The van der Waals surface area contributed by atoms with Gasteiger partial charge in [0.15, 0.2) is 0 Å². The first-order valence-corrected chi connectivity index (χ1v) is 6.27. The zero-order valence-corrected chi connectivity index (χ0v) is 11.6. The summed E-state index contributed by atoms with van der Waals surface area (Å²) in [5, 5.41) is 11.3. The summed E-state index contributed by atoms with van der Waals surface area (Å²) in [6.07, 6.45) is 0. The van der Waals surface area contributed by atoms with E-state index in [1.807, 2.05) is 6.92 Å². The SMILES string of the molecule is Cc1cc(Cl)ccc1OCc1ccc([N+](=O)[O-])c(N)c1. The third-order valence-electron chi connectivity index (χ3n) is 2.82. The number of ether oxygens (including phenoxy) is 1. The molecule has 0 atom stereocenters. The van der Waals surface area contributed by atoms with E-state index >= 15 is 0 Å². The Bertz CT molecular complexity index is 659. The number of hydrogen-bond donors (Lipinski definition) is 1. The first-order valence-electron chi connectivity index (χ1n) is 5.89. The zero-order valence-electron chi connectivity index (χ0n) is 10.8. The van der Waals surface area contributed by atoms with Crippen molar-refractivity contribution in [2.24, 2.45) is 0 Å². The summed E-state index contributed by atoms with van der Waals surface area (Å²) in [6.45, 7) is 2.18. The Hall–Kier alpha value is -2.27. The molecule has 6 heteroatoms. The molecule has 0 saturated heterocycles. The third kappa shape index (κ3) is 3.19. The minimum absolute atomic E-state index is 0.101. The second kappa shape index (κ2) is 5.79. The Morgan fingerprint density at radius 1 is 1.30 bits per heavy atom. The summed E-state index contributed by atoms with van der Waals surface area (Å²) in [5.41, 5.74) is 7.34. The van der Waals surface area contributed by atoms with Crippen molar-refractivity contribution >= 4 is 23.0 Å². The maximum Gasteiger partial charge on any atom is 0.292 e. The summed E-state index contributed by atoms with van der Waals surface area (Å²) < 4.78 is 5.65. The molecule has 104 valence electrons. The van der Waals surface area contributed by atoms with Gasteiger partial charge < -0.3 is 10.5 Å². The number of nitrogen functional groups attached to an aromatic ring is 1. The molecular weight excluding hydrogens is 280 g/mol. The predicted molar refractivity (Wildman–Crippen MR) is 78.0 cm³/mol. The molecule has 0 saturated carbocycles. The molecule has 2 aromatic rings. The number of hydrogen-bond acceptors (Lipinski definition) is 4. The molecule has 0 bridgehead atoms. The van der Waals surface area contributed by atoms with E-state index < -0.39 is 4.92 Å². The lowest BCUT2D eigenvalue weighted by atomic mass is 10.2. The van der Waals surface area contributed by atoms with Gasteiger partial charge in [0, 0.05) is 11.1 Å². The van der Waals surface area contributed by atoms with Crippen molar-refractivity contribution in [2.75, 3.05) is 5.73 Å². The highest BCUT2D eigenvalue weighted by Crippen LogP contribution is 2.25. The fourth-order valence-electron chi connectivity index (χ4n) is 1.80. The first-order chi connectivity index (χ1) is 9.47. The molecule has 0 heterocycles. The molecule has 2 rings (SSSR count). The Morgan fingerprint density at radius 3 is 2.65 bits per heavy atom. The Morgan fingerprint density at radius 2 is 2.05 bits per heavy atom. The van der Waals surface area contributed by atoms with Crippen LogP contribution in [0.25, 0.3) is 0 Å². The summed E-state index contributed by atoms with van der Waals surface area (Å²) >= 11 is 5.87. The van der Waals surface area contributed by atoms with Crippen molar-refractivity contribution in [1.82, 2.24) is 0 Å². The molecule has 0 aliphatic heterocycles. The van der Waals surface area contributed by atoms with Gasteiger partial charge >= 0.3 is 0 Å². The smallest absolute Gasteiger partial charge is 0.292 e. The van der Waals surface area contributed by atoms with Gasteiger partial charge in [-0.2, -0.15) is 0 Å². The Labute approximate surface area is 121 Å². The van der Waals surface area contributed by atoms with Gasteiger partial charge in [-0.15, -0.1) is 0 Å². The van der Waals surface area contributed by atoms with Gasteiger partial charge in [0.1, 0.15) is 18.0 Å². The van der Waals surface area contributed by atoms with Crippen LogP contribution >= 0.6 is 11.6 Å². The highest BCUT2D eigenvalue weighted by atomic mass is 35.5. The van der Waals surface area contributed by atoms with E-state index in [4.69, 9.17) is 22.1 Å². The summed E-state index contributed by atoms with van der Waals surface area (Å²) in [4.78, 5) is 10.2. The molecule has 2 aromatic carbocycles. The van der Waals surface area contributed by atoms with Crippen LogP contribution < -0.4 is 10.5 Å². The third-order valence-corrected chi connectivity index (χ3v) is 3.06. The maximum atomic E-state index is 10.7. The average Bonchev–Trinajstić information content (AvgIpc) is 2.37. The summed E-state index contributed by atoms with van der Waals surface area (Å²) in [5.74, 6) is 0.714. The topological polar surface area (TPSA) is 78.4 Å². The van der Waals surface area contributed by atoms with Crippen molar-refractivity contribution < 1.29 is 9.66 Å². The predicted octanol–water partition coefficient (Wildman–Crippen LogP) is 3.72. The van der Waals surface area contributed by atoms with Gasteiger partial charge in [-0.3, -0.25) is 10.1 Å². The number of nitrogens with two attached hydrogens (primary N) is 1. The first kappa shape index (κ1) is 14.1. The number of nitro benzene ring substituents is 1. The standard InChI is InChI=1S/C14H13ClN2O3/c1-9-6-11(15)3-5-14(9)20-8-10-2-4-13(17(18)19)12(16)7-10/h2-7H,8,16H2,1H3. The van der Waals surface area contributed by atoms with Crippen molar-refractivity contribution in [3.05, 3.63) is 62.7 Å².